The smallest absolute Gasteiger partial charge is 0.305 e. The summed E-state index contributed by atoms with van der Waals surface area (Å²) in [5, 5.41) is 13.4. The third kappa shape index (κ3) is 3.45. The first-order valence-electron chi connectivity index (χ1n) is 5.69. The van der Waals surface area contributed by atoms with Crippen LogP contribution in [0.3, 0.4) is 0 Å². The quantitative estimate of drug-likeness (QED) is 0.881. The van der Waals surface area contributed by atoms with Gasteiger partial charge in [-0.25, -0.2) is 0 Å². The second kappa shape index (κ2) is 5.71. The molecule has 0 spiro atoms. The van der Waals surface area contributed by atoms with E-state index in [-0.39, 0.29) is 12.2 Å². The minimum absolute atomic E-state index is 0.161. The molecule has 0 saturated heterocycles. The lowest BCUT2D eigenvalue weighted by Gasteiger charge is -2.14. The van der Waals surface area contributed by atoms with Crippen LogP contribution in [0.1, 0.15) is 33.7 Å². The zero-order valence-electron chi connectivity index (χ0n) is 10.3. The number of carbonyl (C=O) groups is 2. The van der Waals surface area contributed by atoms with E-state index in [9.17, 15) is 9.59 Å². The molecule has 2 aromatic rings. The molecule has 100 valence electrons. The van der Waals surface area contributed by atoms with Crippen molar-refractivity contribution in [2.24, 2.45) is 0 Å². The molecular formula is C13H13NO4S. The molecule has 1 atom stereocenters. The summed E-state index contributed by atoms with van der Waals surface area (Å²) >= 11 is 1.41. The maximum Gasteiger partial charge on any atom is 0.305 e. The van der Waals surface area contributed by atoms with Gasteiger partial charge in [-0.2, -0.15) is 0 Å². The van der Waals surface area contributed by atoms with Gasteiger partial charge in [0.2, 0.25) is 0 Å². The van der Waals surface area contributed by atoms with Crippen molar-refractivity contribution < 1.29 is 19.1 Å². The van der Waals surface area contributed by atoms with E-state index < -0.39 is 17.9 Å². The van der Waals surface area contributed by atoms with Crippen molar-refractivity contribution in [1.29, 1.82) is 0 Å². The third-order valence-electron chi connectivity index (χ3n) is 2.53. The van der Waals surface area contributed by atoms with E-state index in [1.807, 2.05) is 11.4 Å². The second-order valence-electron chi connectivity index (χ2n) is 4.05. The predicted molar refractivity (Wildman–Crippen MR) is 70.2 cm³/mol. The number of rotatable bonds is 5. The van der Waals surface area contributed by atoms with Gasteiger partial charge in [-0.05, 0) is 30.5 Å². The maximum atomic E-state index is 12.0. The first kappa shape index (κ1) is 13.4. The van der Waals surface area contributed by atoms with Gasteiger partial charge in [0.05, 0.1) is 12.5 Å². The molecule has 2 heterocycles. The molecule has 0 aliphatic rings. The van der Waals surface area contributed by atoms with Gasteiger partial charge >= 0.3 is 5.97 Å². The SMILES string of the molecule is Cc1ccc(C(=O)N[C@@H](CC(=O)O)c2cccs2)o1. The highest BCUT2D eigenvalue weighted by molar-refractivity contribution is 7.10. The Labute approximate surface area is 113 Å². The van der Waals surface area contributed by atoms with Gasteiger partial charge in [0.1, 0.15) is 5.76 Å². The lowest BCUT2D eigenvalue weighted by atomic mass is 10.1. The lowest BCUT2D eigenvalue weighted by molar-refractivity contribution is -0.137. The number of carboxylic acids is 1. The molecule has 2 rings (SSSR count). The van der Waals surface area contributed by atoms with E-state index in [1.165, 1.54) is 11.3 Å². The standard InChI is InChI=1S/C13H13NO4S/c1-8-4-5-10(18-8)13(17)14-9(7-12(15)16)11-3-2-6-19-11/h2-6,9H,7H2,1H3,(H,14,17)(H,15,16)/t9-/m0/s1. The molecule has 2 N–H and O–H groups in total. The Morgan fingerprint density at radius 1 is 1.42 bits per heavy atom. The fraction of sp³-hybridized carbons (Fsp3) is 0.231. The fourth-order valence-corrected chi connectivity index (χ4v) is 2.45. The number of hydrogen-bond donors (Lipinski definition) is 2. The Balaban J connectivity index is 2.12. The summed E-state index contributed by atoms with van der Waals surface area (Å²) in [6.07, 6.45) is -0.161. The van der Waals surface area contributed by atoms with Gasteiger partial charge in [0.25, 0.3) is 5.91 Å². The number of thiophene rings is 1. The van der Waals surface area contributed by atoms with Gasteiger partial charge in [0, 0.05) is 4.88 Å². The predicted octanol–water partition coefficient (Wildman–Crippen LogP) is 2.60. The van der Waals surface area contributed by atoms with E-state index in [1.54, 1.807) is 25.1 Å². The van der Waals surface area contributed by atoms with Crippen molar-refractivity contribution >= 4 is 23.2 Å². The first-order valence-corrected chi connectivity index (χ1v) is 6.56. The maximum absolute atomic E-state index is 12.0. The molecule has 0 aromatic carbocycles. The molecule has 2 aromatic heterocycles. The largest absolute Gasteiger partial charge is 0.481 e. The van der Waals surface area contributed by atoms with Gasteiger partial charge in [0.15, 0.2) is 5.76 Å². The van der Waals surface area contributed by atoms with Gasteiger partial charge in [-0.3, -0.25) is 9.59 Å². The average molecular weight is 279 g/mol. The normalized spacial score (nSPS) is 12.1. The molecule has 1 amide bonds. The molecule has 0 saturated carbocycles. The van der Waals surface area contributed by atoms with Crippen molar-refractivity contribution in [2.75, 3.05) is 0 Å². The van der Waals surface area contributed by atoms with E-state index in [4.69, 9.17) is 9.52 Å². The van der Waals surface area contributed by atoms with Crippen molar-refractivity contribution in [3.8, 4) is 0 Å². The van der Waals surface area contributed by atoms with Crippen LogP contribution >= 0.6 is 11.3 Å². The summed E-state index contributed by atoms with van der Waals surface area (Å²) < 4.78 is 5.21. The van der Waals surface area contributed by atoms with Crippen LogP contribution in [0.15, 0.2) is 34.1 Å². The summed E-state index contributed by atoms with van der Waals surface area (Å²) in [6.45, 7) is 1.74. The highest BCUT2D eigenvalue weighted by Gasteiger charge is 2.21. The van der Waals surface area contributed by atoms with Crippen LogP contribution in [0.4, 0.5) is 0 Å². The number of hydrogen-bond acceptors (Lipinski definition) is 4. The summed E-state index contributed by atoms with van der Waals surface area (Å²) in [4.78, 5) is 23.6. The van der Waals surface area contributed by atoms with Crippen LogP contribution in [-0.4, -0.2) is 17.0 Å². The van der Waals surface area contributed by atoms with Crippen molar-refractivity contribution in [3.63, 3.8) is 0 Å². The van der Waals surface area contributed by atoms with E-state index in [2.05, 4.69) is 5.32 Å². The van der Waals surface area contributed by atoms with E-state index in [0.717, 1.165) is 4.88 Å². The van der Waals surface area contributed by atoms with Crippen LogP contribution < -0.4 is 5.32 Å². The minimum Gasteiger partial charge on any atom is -0.481 e. The summed E-state index contributed by atoms with van der Waals surface area (Å²) in [6, 6.07) is 6.32. The molecule has 0 radical (unpaired) electrons. The molecule has 0 unspecified atom stereocenters. The Bertz CT molecular complexity index is 573. The number of amides is 1. The monoisotopic (exact) mass is 279 g/mol. The topological polar surface area (TPSA) is 79.5 Å². The number of aryl methyl sites for hydroxylation is 1. The fourth-order valence-electron chi connectivity index (χ4n) is 1.67. The van der Waals surface area contributed by atoms with Gasteiger partial charge in [-0.1, -0.05) is 6.07 Å². The molecule has 19 heavy (non-hydrogen) atoms. The number of carboxylic acid groups (broad SMARTS) is 1. The van der Waals surface area contributed by atoms with Crippen LogP contribution in [0.25, 0.3) is 0 Å². The Morgan fingerprint density at radius 2 is 2.21 bits per heavy atom. The highest BCUT2D eigenvalue weighted by atomic mass is 32.1. The van der Waals surface area contributed by atoms with Crippen molar-refractivity contribution in [2.45, 2.75) is 19.4 Å². The third-order valence-corrected chi connectivity index (χ3v) is 3.52. The van der Waals surface area contributed by atoms with Crippen LogP contribution in [0.5, 0.6) is 0 Å². The summed E-state index contributed by atoms with van der Waals surface area (Å²) in [5.74, 6) is -0.553. The molecule has 0 fully saturated rings. The Kier molecular flexibility index (Phi) is 4.01. The number of carbonyl (C=O) groups excluding carboxylic acids is 1. The van der Waals surface area contributed by atoms with Crippen LogP contribution in [-0.2, 0) is 4.79 Å². The average Bonchev–Trinajstić information content (AvgIpc) is 2.97. The zero-order chi connectivity index (χ0) is 13.8. The van der Waals surface area contributed by atoms with Crippen LogP contribution in [0.2, 0.25) is 0 Å². The summed E-state index contributed by atoms with van der Waals surface area (Å²) in [7, 11) is 0. The zero-order valence-corrected chi connectivity index (χ0v) is 11.1. The molecule has 6 heteroatoms. The molecular weight excluding hydrogens is 266 g/mol. The van der Waals surface area contributed by atoms with E-state index >= 15 is 0 Å². The Hall–Kier alpha value is -2.08. The molecule has 0 aliphatic heterocycles. The van der Waals surface area contributed by atoms with Gasteiger partial charge in [-0.15, -0.1) is 11.3 Å². The van der Waals surface area contributed by atoms with Crippen molar-refractivity contribution in [1.82, 2.24) is 5.32 Å². The minimum atomic E-state index is -0.964. The first-order chi connectivity index (χ1) is 9.06. The number of aliphatic carboxylic acids is 1. The number of nitrogens with one attached hydrogen (secondary N) is 1. The van der Waals surface area contributed by atoms with Crippen molar-refractivity contribution in [3.05, 3.63) is 46.0 Å². The molecule has 0 aliphatic carbocycles. The lowest BCUT2D eigenvalue weighted by Crippen LogP contribution is -2.29. The molecule has 5 nitrogen and oxygen atoms in total. The van der Waals surface area contributed by atoms with E-state index in [0.29, 0.717) is 5.76 Å². The summed E-state index contributed by atoms with van der Waals surface area (Å²) in [5.41, 5.74) is 0. The Morgan fingerprint density at radius 3 is 2.74 bits per heavy atom. The van der Waals surface area contributed by atoms with Crippen LogP contribution in [0, 0.1) is 6.92 Å². The molecule has 0 bridgehead atoms. The number of furan rings is 1. The highest BCUT2D eigenvalue weighted by Crippen LogP contribution is 2.22. The second-order valence-corrected chi connectivity index (χ2v) is 5.03. The van der Waals surface area contributed by atoms with Gasteiger partial charge < -0.3 is 14.8 Å².